The van der Waals surface area contributed by atoms with Gasteiger partial charge in [-0.15, -0.1) is 10.2 Å². The molecule has 0 unspecified atom stereocenters. The largest absolute Gasteiger partial charge is 0.416 e. The van der Waals surface area contributed by atoms with E-state index in [0.717, 1.165) is 43.2 Å². The SMILES string of the molecule is O=S(=O)(c1cccc(-c2nnc(SCc3cccc(C(F)(F)F)c3)o2)c1)N1CCCCC1. The second-order valence-electron chi connectivity index (χ2n) is 7.35. The van der Waals surface area contributed by atoms with E-state index in [2.05, 4.69) is 10.2 Å². The van der Waals surface area contributed by atoms with Crippen LogP contribution in [0, 0.1) is 0 Å². The molecule has 0 atom stereocenters. The first-order valence-corrected chi connectivity index (χ1v) is 12.4. The quantitative estimate of drug-likeness (QED) is 0.448. The Hall–Kier alpha value is -2.37. The molecule has 1 aliphatic rings. The minimum Gasteiger partial charge on any atom is -0.411 e. The van der Waals surface area contributed by atoms with Crippen LogP contribution in [-0.2, 0) is 22.0 Å². The second kappa shape index (κ2) is 9.24. The van der Waals surface area contributed by atoms with Crippen LogP contribution in [-0.4, -0.2) is 36.0 Å². The Morgan fingerprint density at radius 1 is 1.00 bits per heavy atom. The van der Waals surface area contributed by atoms with Crippen LogP contribution in [0.1, 0.15) is 30.4 Å². The Balaban J connectivity index is 1.48. The Morgan fingerprint density at radius 3 is 2.50 bits per heavy atom. The van der Waals surface area contributed by atoms with Gasteiger partial charge in [0.05, 0.1) is 10.5 Å². The number of hydrogen-bond donors (Lipinski definition) is 0. The average Bonchev–Trinajstić information content (AvgIpc) is 3.27. The fourth-order valence-corrected chi connectivity index (χ4v) is 5.68. The maximum atomic E-state index is 12.9. The Bertz CT molecular complexity index is 1190. The van der Waals surface area contributed by atoms with Crippen LogP contribution >= 0.6 is 11.8 Å². The fourth-order valence-electron chi connectivity index (χ4n) is 3.41. The van der Waals surface area contributed by atoms with Crippen LogP contribution in [0.25, 0.3) is 11.5 Å². The lowest BCUT2D eigenvalue weighted by Gasteiger charge is -2.25. The van der Waals surface area contributed by atoms with Gasteiger partial charge in [0, 0.05) is 24.4 Å². The highest BCUT2D eigenvalue weighted by Crippen LogP contribution is 2.32. The molecule has 4 rings (SSSR count). The van der Waals surface area contributed by atoms with Crippen LogP contribution < -0.4 is 0 Å². The van der Waals surface area contributed by atoms with Gasteiger partial charge in [0.15, 0.2) is 0 Å². The number of aromatic nitrogens is 2. The standard InChI is InChI=1S/C21H20F3N3O3S2/c22-21(23,24)17-8-4-6-15(12-17)14-31-20-26-25-19(30-20)16-7-5-9-18(13-16)32(28,29)27-10-2-1-3-11-27/h4-9,12-13H,1-3,10-11,14H2. The van der Waals surface area contributed by atoms with Crippen molar-refractivity contribution in [2.45, 2.75) is 41.3 Å². The van der Waals surface area contributed by atoms with Gasteiger partial charge in [0.25, 0.3) is 5.22 Å². The zero-order valence-electron chi connectivity index (χ0n) is 16.9. The van der Waals surface area contributed by atoms with Gasteiger partial charge in [-0.2, -0.15) is 17.5 Å². The summed E-state index contributed by atoms with van der Waals surface area (Å²) in [6.45, 7) is 1.01. The van der Waals surface area contributed by atoms with E-state index in [9.17, 15) is 21.6 Å². The Kier molecular flexibility index (Phi) is 6.59. The van der Waals surface area contributed by atoms with E-state index in [1.54, 1.807) is 18.2 Å². The molecule has 0 bridgehead atoms. The molecule has 1 fully saturated rings. The van der Waals surface area contributed by atoms with Crippen molar-refractivity contribution in [3.63, 3.8) is 0 Å². The fraction of sp³-hybridized carbons (Fsp3) is 0.333. The molecule has 0 N–H and O–H groups in total. The van der Waals surface area contributed by atoms with E-state index < -0.39 is 21.8 Å². The molecule has 2 heterocycles. The number of thioether (sulfide) groups is 1. The van der Waals surface area contributed by atoms with Crippen LogP contribution in [0.4, 0.5) is 13.2 Å². The van der Waals surface area contributed by atoms with Crippen molar-refractivity contribution in [2.75, 3.05) is 13.1 Å². The zero-order chi connectivity index (χ0) is 22.8. The van der Waals surface area contributed by atoms with Crippen molar-refractivity contribution in [1.29, 1.82) is 0 Å². The molecule has 0 amide bonds. The third-order valence-electron chi connectivity index (χ3n) is 5.06. The van der Waals surface area contributed by atoms with E-state index in [0.29, 0.717) is 24.2 Å². The van der Waals surface area contributed by atoms with Crippen molar-refractivity contribution >= 4 is 21.8 Å². The first-order chi connectivity index (χ1) is 15.2. The molecular weight excluding hydrogens is 463 g/mol. The number of rotatable bonds is 6. The summed E-state index contributed by atoms with van der Waals surface area (Å²) in [7, 11) is -3.60. The molecule has 1 aromatic heterocycles. The summed E-state index contributed by atoms with van der Waals surface area (Å²) in [6, 6.07) is 11.4. The second-order valence-corrected chi connectivity index (χ2v) is 10.2. The van der Waals surface area contributed by atoms with Gasteiger partial charge in [-0.05, 0) is 42.7 Å². The van der Waals surface area contributed by atoms with E-state index in [1.165, 1.54) is 22.5 Å². The summed E-state index contributed by atoms with van der Waals surface area (Å²) < 4.78 is 71.5. The van der Waals surface area contributed by atoms with Crippen LogP contribution in [0.2, 0.25) is 0 Å². The number of benzene rings is 2. The van der Waals surface area contributed by atoms with Crippen LogP contribution in [0.5, 0.6) is 0 Å². The molecule has 0 spiro atoms. The molecule has 1 saturated heterocycles. The molecule has 0 radical (unpaired) electrons. The minimum absolute atomic E-state index is 0.146. The number of hydrogen-bond acceptors (Lipinski definition) is 6. The van der Waals surface area contributed by atoms with Gasteiger partial charge >= 0.3 is 6.18 Å². The third kappa shape index (κ3) is 5.16. The highest BCUT2D eigenvalue weighted by atomic mass is 32.2. The van der Waals surface area contributed by atoms with Crippen molar-refractivity contribution in [3.8, 4) is 11.5 Å². The van der Waals surface area contributed by atoms with Gasteiger partial charge in [-0.3, -0.25) is 0 Å². The van der Waals surface area contributed by atoms with E-state index >= 15 is 0 Å². The lowest BCUT2D eigenvalue weighted by atomic mass is 10.1. The number of nitrogens with zero attached hydrogens (tertiary/aromatic N) is 3. The molecule has 2 aromatic carbocycles. The summed E-state index contributed by atoms with van der Waals surface area (Å²) >= 11 is 1.11. The van der Waals surface area contributed by atoms with Gasteiger partial charge in [0.2, 0.25) is 15.9 Å². The number of alkyl halides is 3. The van der Waals surface area contributed by atoms with Gasteiger partial charge in [-0.1, -0.05) is 42.4 Å². The lowest BCUT2D eigenvalue weighted by molar-refractivity contribution is -0.137. The molecule has 6 nitrogen and oxygen atoms in total. The topological polar surface area (TPSA) is 76.3 Å². The Morgan fingerprint density at radius 2 is 1.75 bits per heavy atom. The van der Waals surface area contributed by atoms with Crippen LogP contribution in [0.3, 0.4) is 0 Å². The molecular formula is C21H20F3N3O3S2. The molecule has 170 valence electrons. The maximum Gasteiger partial charge on any atom is 0.416 e. The predicted molar refractivity (Wildman–Crippen MR) is 113 cm³/mol. The van der Waals surface area contributed by atoms with Crippen molar-refractivity contribution in [2.24, 2.45) is 0 Å². The molecule has 0 aliphatic carbocycles. The molecule has 11 heteroatoms. The van der Waals surface area contributed by atoms with E-state index in [-0.39, 0.29) is 21.8 Å². The molecule has 32 heavy (non-hydrogen) atoms. The molecule has 3 aromatic rings. The summed E-state index contributed by atoms with van der Waals surface area (Å²) in [4.78, 5) is 0.160. The number of piperidine rings is 1. The first-order valence-electron chi connectivity index (χ1n) is 9.96. The highest BCUT2D eigenvalue weighted by Gasteiger charge is 2.30. The zero-order valence-corrected chi connectivity index (χ0v) is 18.5. The highest BCUT2D eigenvalue weighted by molar-refractivity contribution is 7.98. The predicted octanol–water partition coefficient (Wildman–Crippen LogP) is 5.22. The van der Waals surface area contributed by atoms with E-state index in [4.69, 9.17) is 4.42 Å². The number of sulfonamides is 1. The maximum absolute atomic E-state index is 12.9. The normalized spacial score (nSPS) is 15.7. The van der Waals surface area contributed by atoms with E-state index in [1.807, 2.05) is 0 Å². The summed E-state index contributed by atoms with van der Waals surface area (Å²) in [5.41, 5.74) is 0.217. The first kappa shape index (κ1) is 22.8. The third-order valence-corrected chi connectivity index (χ3v) is 7.84. The van der Waals surface area contributed by atoms with Crippen molar-refractivity contribution < 1.29 is 26.0 Å². The molecule has 1 aliphatic heterocycles. The van der Waals surface area contributed by atoms with Crippen molar-refractivity contribution in [3.05, 3.63) is 59.7 Å². The smallest absolute Gasteiger partial charge is 0.411 e. The summed E-state index contributed by atoms with van der Waals surface area (Å²) in [5, 5.41) is 8.07. The summed E-state index contributed by atoms with van der Waals surface area (Å²) in [5.74, 6) is 0.363. The Labute approximate surface area is 187 Å². The summed E-state index contributed by atoms with van der Waals surface area (Å²) in [6.07, 6.45) is -1.70. The van der Waals surface area contributed by atoms with Gasteiger partial charge in [-0.25, -0.2) is 8.42 Å². The van der Waals surface area contributed by atoms with Crippen LogP contribution in [0.15, 0.2) is 63.1 Å². The van der Waals surface area contributed by atoms with Gasteiger partial charge in [0.1, 0.15) is 0 Å². The monoisotopic (exact) mass is 483 g/mol. The molecule has 0 saturated carbocycles. The van der Waals surface area contributed by atoms with Gasteiger partial charge < -0.3 is 4.42 Å². The number of halogens is 3. The lowest BCUT2D eigenvalue weighted by Crippen LogP contribution is -2.35. The van der Waals surface area contributed by atoms with Crippen molar-refractivity contribution in [1.82, 2.24) is 14.5 Å². The minimum atomic E-state index is -4.40. The average molecular weight is 484 g/mol.